The van der Waals surface area contributed by atoms with Gasteiger partial charge in [0.15, 0.2) is 0 Å². The van der Waals surface area contributed by atoms with Gasteiger partial charge in [-0.05, 0) is 38.5 Å². The van der Waals surface area contributed by atoms with Crippen molar-refractivity contribution in [1.82, 2.24) is 0 Å². The van der Waals surface area contributed by atoms with Crippen LogP contribution in [0.3, 0.4) is 0 Å². The first-order chi connectivity index (χ1) is 15.2. The Morgan fingerprint density at radius 2 is 0.871 bits per heavy atom. The Balaban J connectivity index is 2.10. The number of likely N-dealkylation sites (tertiary alicyclic amines) is 1. The van der Waals surface area contributed by atoms with Gasteiger partial charge in [-0.2, -0.15) is 0 Å². The first-order valence-electron chi connectivity index (χ1n) is 15.1. The van der Waals surface area contributed by atoms with Crippen LogP contribution in [0.1, 0.15) is 162 Å². The third kappa shape index (κ3) is 16.3. The summed E-state index contributed by atoms with van der Waals surface area (Å²) in [4.78, 5) is 0. The quantitative estimate of drug-likeness (QED) is 0.117. The molecule has 1 heterocycles. The van der Waals surface area contributed by atoms with E-state index in [0.29, 0.717) is 0 Å². The van der Waals surface area contributed by atoms with Gasteiger partial charge in [0.1, 0.15) is 0 Å². The highest BCUT2D eigenvalue weighted by molar-refractivity contribution is 4.62. The Hall–Kier alpha value is -0.0400. The third-order valence-corrected chi connectivity index (χ3v) is 8.00. The summed E-state index contributed by atoms with van der Waals surface area (Å²) in [6.45, 7) is 13.1. The maximum Gasteiger partial charge on any atom is 0.0812 e. The van der Waals surface area contributed by atoms with Crippen LogP contribution in [0.15, 0.2) is 0 Å². The molecule has 1 heteroatoms. The van der Waals surface area contributed by atoms with Crippen molar-refractivity contribution in [3.8, 4) is 0 Å². The van der Waals surface area contributed by atoms with Gasteiger partial charge in [-0.15, -0.1) is 0 Å². The van der Waals surface area contributed by atoms with E-state index in [-0.39, 0.29) is 0 Å². The zero-order valence-electron chi connectivity index (χ0n) is 22.4. The van der Waals surface area contributed by atoms with Crippen molar-refractivity contribution >= 4 is 0 Å². The number of unbranched alkanes of at least 4 members (excludes halogenated alkanes) is 18. The Morgan fingerprint density at radius 1 is 0.516 bits per heavy atom. The Kier molecular flexibility index (Phi) is 19.2. The topological polar surface area (TPSA) is 0 Å². The van der Waals surface area contributed by atoms with Crippen LogP contribution in [0.5, 0.6) is 0 Å². The van der Waals surface area contributed by atoms with Gasteiger partial charge in [0.2, 0.25) is 0 Å². The van der Waals surface area contributed by atoms with Crippen molar-refractivity contribution in [3.05, 3.63) is 0 Å². The summed E-state index contributed by atoms with van der Waals surface area (Å²) in [6, 6.07) is 0. The summed E-state index contributed by atoms with van der Waals surface area (Å²) in [7, 11) is 0. The first kappa shape index (κ1) is 29.0. The second-order valence-corrected chi connectivity index (χ2v) is 11.3. The second-order valence-electron chi connectivity index (χ2n) is 11.3. The molecule has 0 spiro atoms. The molecule has 0 N–H and O–H groups in total. The minimum atomic E-state index is 0.958. The van der Waals surface area contributed by atoms with E-state index < -0.39 is 0 Å². The van der Waals surface area contributed by atoms with Crippen LogP contribution in [-0.4, -0.2) is 30.7 Å². The van der Waals surface area contributed by atoms with Crippen LogP contribution >= 0.6 is 0 Å². The highest BCUT2D eigenvalue weighted by Gasteiger charge is 2.32. The number of rotatable bonds is 22. The molecule has 186 valence electrons. The van der Waals surface area contributed by atoms with E-state index in [9.17, 15) is 0 Å². The Morgan fingerprint density at radius 3 is 1.23 bits per heavy atom. The molecule has 1 rings (SSSR count). The van der Waals surface area contributed by atoms with Crippen LogP contribution < -0.4 is 0 Å². The van der Waals surface area contributed by atoms with Crippen molar-refractivity contribution in [2.75, 3.05) is 26.2 Å². The van der Waals surface area contributed by atoms with E-state index in [0.717, 1.165) is 5.92 Å². The zero-order valence-corrected chi connectivity index (χ0v) is 22.4. The van der Waals surface area contributed by atoms with Crippen molar-refractivity contribution in [3.63, 3.8) is 0 Å². The molecule has 0 radical (unpaired) electrons. The molecule has 0 aromatic carbocycles. The average Bonchev–Trinajstić information content (AvgIpc) is 2.76. The molecule has 0 aromatic rings. The third-order valence-electron chi connectivity index (χ3n) is 8.00. The van der Waals surface area contributed by atoms with Gasteiger partial charge in [0.05, 0.1) is 26.2 Å². The fourth-order valence-corrected chi connectivity index (χ4v) is 6.01. The number of nitrogens with zero attached hydrogens (tertiary/aromatic N) is 1. The monoisotopic (exact) mass is 436 g/mol. The van der Waals surface area contributed by atoms with E-state index in [4.69, 9.17) is 0 Å². The minimum absolute atomic E-state index is 0.958. The molecule has 1 aliphatic heterocycles. The summed E-state index contributed by atoms with van der Waals surface area (Å²) >= 11 is 0. The maximum atomic E-state index is 2.52. The lowest BCUT2D eigenvalue weighted by Crippen LogP contribution is -2.54. The molecule has 1 saturated heterocycles. The molecule has 0 saturated carbocycles. The molecule has 1 aliphatic rings. The van der Waals surface area contributed by atoms with Gasteiger partial charge in [-0.25, -0.2) is 0 Å². The number of hydrogen-bond donors (Lipinski definition) is 0. The van der Waals surface area contributed by atoms with Crippen molar-refractivity contribution in [2.24, 2.45) is 5.92 Å². The van der Waals surface area contributed by atoms with Gasteiger partial charge in [0.25, 0.3) is 0 Å². The lowest BCUT2D eigenvalue weighted by atomic mass is 9.95. The predicted molar refractivity (Wildman–Crippen MR) is 142 cm³/mol. The normalized spacial score (nSPS) is 18.5. The molecule has 0 bridgehead atoms. The fourth-order valence-electron chi connectivity index (χ4n) is 6.01. The molecule has 31 heavy (non-hydrogen) atoms. The lowest BCUT2D eigenvalue weighted by molar-refractivity contribution is -0.936. The molecule has 1 atom stereocenters. The van der Waals surface area contributed by atoms with Crippen molar-refractivity contribution in [1.29, 1.82) is 0 Å². The Labute approximate surface area is 198 Å². The largest absolute Gasteiger partial charge is 0.323 e. The lowest BCUT2D eigenvalue weighted by Gasteiger charge is -2.44. The molecule has 1 nitrogen and oxygen atoms in total. The Bertz CT molecular complexity index is 339. The zero-order chi connectivity index (χ0) is 22.5. The minimum Gasteiger partial charge on any atom is -0.323 e. The van der Waals surface area contributed by atoms with E-state index in [1.807, 2.05) is 0 Å². The van der Waals surface area contributed by atoms with Gasteiger partial charge < -0.3 is 4.48 Å². The number of quaternary nitrogens is 1. The van der Waals surface area contributed by atoms with Crippen molar-refractivity contribution in [2.45, 2.75) is 162 Å². The average molecular weight is 437 g/mol. The predicted octanol–water partition coefficient (Wildman–Crippen LogP) is 10.1. The van der Waals surface area contributed by atoms with Crippen LogP contribution in [-0.2, 0) is 0 Å². The molecule has 0 aliphatic carbocycles. The summed E-state index contributed by atoms with van der Waals surface area (Å²) in [5.74, 6) is 0.958. The molecule has 0 unspecified atom stereocenters. The van der Waals surface area contributed by atoms with Crippen LogP contribution in [0.2, 0.25) is 0 Å². The molecular formula is C30H62N+. The summed E-state index contributed by atoms with van der Waals surface area (Å²) in [5.41, 5.74) is 0. The fraction of sp³-hybridized carbons (Fsp3) is 1.00. The van der Waals surface area contributed by atoms with E-state index in [2.05, 4.69) is 20.8 Å². The van der Waals surface area contributed by atoms with Gasteiger partial charge in [-0.3, -0.25) is 0 Å². The van der Waals surface area contributed by atoms with Gasteiger partial charge in [0, 0.05) is 5.92 Å². The second kappa shape index (κ2) is 20.6. The van der Waals surface area contributed by atoms with E-state index in [1.54, 1.807) is 0 Å². The van der Waals surface area contributed by atoms with Gasteiger partial charge >= 0.3 is 0 Å². The number of piperidine rings is 1. The SMILES string of the molecule is CCCCCCCCCCCC[N+]1(CCCCCCCCCCCC)CCC[C@H](C)C1. The summed E-state index contributed by atoms with van der Waals surface area (Å²) < 4.78 is 1.48. The molecule has 0 amide bonds. The smallest absolute Gasteiger partial charge is 0.0812 e. The first-order valence-corrected chi connectivity index (χ1v) is 15.1. The number of hydrogen-bond acceptors (Lipinski definition) is 0. The molecule has 0 aromatic heterocycles. The van der Waals surface area contributed by atoms with Crippen LogP contribution in [0.25, 0.3) is 0 Å². The van der Waals surface area contributed by atoms with E-state index in [1.165, 1.54) is 172 Å². The summed E-state index contributed by atoms with van der Waals surface area (Å²) in [6.07, 6.45) is 32.3. The van der Waals surface area contributed by atoms with Crippen LogP contribution in [0.4, 0.5) is 0 Å². The van der Waals surface area contributed by atoms with Crippen LogP contribution in [0, 0.1) is 5.92 Å². The molecule has 1 fully saturated rings. The molecular weight excluding hydrogens is 374 g/mol. The summed E-state index contributed by atoms with van der Waals surface area (Å²) in [5, 5.41) is 0. The standard InChI is InChI=1S/C30H62N/c1-4-6-8-10-12-14-16-18-20-22-26-31(28-24-25-30(3)29-31)27-23-21-19-17-15-13-11-9-7-5-2/h30H,4-29H2,1-3H3/q+1/t30-/m0/s1. The van der Waals surface area contributed by atoms with Crippen molar-refractivity contribution < 1.29 is 4.48 Å². The van der Waals surface area contributed by atoms with E-state index >= 15 is 0 Å². The maximum absolute atomic E-state index is 2.52. The highest BCUT2D eigenvalue weighted by atomic mass is 15.4. The van der Waals surface area contributed by atoms with Gasteiger partial charge in [-0.1, -0.05) is 124 Å². The highest BCUT2D eigenvalue weighted by Crippen LogP contribution is 2.26.